The van der Waals surface area contributed by atoms with E-state index in [9.17, 15) is 14.9 Å². The van der Waals surface area contributed by atoms with Gasteiger partial charge < -0.3 is 9.73 Å². The fourth-order valence-corrected chi connectivity index (χ4v) is 2.20. The van der Waals surface area contributed by atoms with Crippen LogP contribution in [-0.4, -0.2) is 17.1 Å². The highest BCUT2D eigenvalue weighted by molar-refractivity contribution is 7.98. The van der Waals surface area contributed by atoms with Crippen molar-refractivity contribution in [2.24, 2.45) is 0 Å². The second kappa shape index (κ2) is 6.25. The predicted octanol–water partition coefficient (Wildman–Crippen LogP) is 2.84. The van der Waals surface area contributed by atoms with Gasteiger partial charge in [-0.2, -0.15) is 0 Å². The van der Waals surface area contributed by atoms with Gasteiger partial charge in [0.25, 0.3) is 11.6 Å². The average molecular weight is 292 g/mol. The summed E-state index contributed by atoms with van der Waals surface area (Å²) >= 11 is 1.27. The van der Waals surface area contributed by atoms with Crippen LogP contribution in [0.15, 0.2) is 45.9 Å². The smallest absolute Gasteiger partial charge is 0.283 e. The Kier molecular flexibility index (Phi) is 4.41. The van der Waals surface area contributed by atoms with Crippen LogP contribution in [0.25, 0.3) is 0 Å². The molecule has 0 atom stereocenters. The lowest BCUT2D eigenvalue weighted by Gasteiger charge is -2.05. The highest BCUT2D eigenvalue weighted by Gasteiger charge is 2.17. The molecule has 0 unspecified atom stereocenters. The molecule has 6 nitrogen and oxygen atoms in total. The summed E-state index contributed by atoms with van der Waals surface area (Å²) < 4.78 is 5.09. The highest BCUT2D eigenvalue weighted by atomic mass is 32.2. The van der Waals surface area contributed by atoms with Crippen LogP contribution >= 0.6 is 11.8 Å². The van der Waals surface area contributed by atoms with Crippen molar-refractivity contribution in [3.05, 3.63) is 58.0 Å². The van der Waals surface area contributed by atoms with Gasteiger partial charge >= 0.3 is 0 Å². The van der Waals surface area contributed by atoms with Crippen LogP contribution in [0.5, 0.6) is 0 Å². The zero-order chi connectivity index (χ0) is 14.5. The quantitative estimate of drug-likeness (QED) is 0.520. The number of carbonyl (C=O) groups is 1. The van der Waals surface area contributed by atoms with Crippen LogP contribution in [0.2, 0.25) is 0 Å². The summed E-state index contributed by atoms with van der Waals surface area (Å²) in [4.78, 5) is 22.9. The fraction of sp³-hybridized carbons (Fsp3) is 0.154. The van der Waals surface area contributed by atoms with Crippen molar-refractivity contribution in [3.63, 3.8) is 0 Å². The zero-order valence-electron chi connectivity index (χ0n) is 10.7. The molecule has 1 N–H and O–H groups in total. The lowest BCUT2D eigenvalue weighted by molar-refractivity contribution is -0.387. The highest BCUT2D eigenvalue weighted by Crippen LogP contribution is 2.28. The molecule has 0 saturated carbocycles. The largest absolute Gasteiger partial charge is 0.467 e. The minimum atomic E-state index is -0.491. The van der Waals surface area contributed by atoms with Gasteiger partial charge in [0, 0.05) is 11.6 Å². The van der Waals surface area contributed by atoms with Gasteiger partial charge in [0.15, 0.2) is 0 Å². The molecule has 0 radical (unpaired) electrons. The van der Waals surface area contributed by atoms with E-state index in [4.69, 9.17) is 4.42 Å². The van der Waals surface area contributed by atoms with Crippen LogP contribution in [0, 0.1) is 10.1 Å². The van der Waals surface area contributed by atoms with E-state index in [-0.39, 0.29) is 23.7 Å². The maximum Gasteiger partial charge on any atom is 0.283 e. The molecule has 0 aliphatic rings. The van der Waals surface area contributed by atoms with Gasteiger partial charge in [-0.05, 0) is 30.5 Å². The maximum absolute atomic E-state index is 11.9. The van der Waals surface area contributed by atoms with Crippen LogP contribution in [0.3, 0.4) is 0 Å². The summed E-state index contributed by atoms with van der Waals surface area (Å²) in [5.74, 6) is 0.241. The first-order valence-corrected chi connectivity index (χ1v) is 6.97. The van der Waals surface area contributed by atoms with Gasteiger partial charge in [0.1, 0.15) is 5.76 Å². The first kappa shape index (κ1) is 14.1. The number of thioether (sulfide) groups is 1. The summed E-state index contributed by atoms with van der Waals surface area (Å²) in [6, 6.07) is 7.88. The van der Waals surface area contributed by atoms with Crippen molar-refractivity contribution in [2.45, 2.75) is 11.4 Å². The third-order valence-electron chi connectivity index (χ3n) is 2.64. The monoisotopic (exact) mass is 292 g/mol. The first-order chi connectivity index (χ1) is 9.61. The summed E-state index contributed by atoms with van der Waals surface area (Å²) in [7, 11) is 0. The first-order valence-electron chi connectivity index (χ1n) is 5.75. The Labute approximate surface area is 119 Å². The molecular formula is C13H12N2O4S. The summed E-state index contributed by atoms with van der Waals surface area (Å²) in [5.41, 5.74) is 0.184. The van der Waals surface area contributed by atoms with Gasteiger partial charge in [-0.15, -0.1) is 11.8 Å². The van der Waals surface area contributed by atoms with E-state index in [1.807, 2.05) is 0 Å². The Bertz CT molecular complexity index is 625. The third kappa shape index (κ3) is 3.18. The molecule has 7 heteroatoms. The number of nitrogens with zero attached hydrogens (tertiary/aromatic N) is 1. The SMILES string of the molecule is CSc1ccc(C(=O)NCc2ccco2)cc1[N+](=O)[O-]. The molecule has 0 spiro atoms. The number of amides is 1. The molecule has 1 aromatic carbocycles. The molecule has 1 amide bonds. The lowest BCUT2D eigenvalue weighted by atomic mass is 10.2. The van der Waals surface area contributed by atoms with Crippen molar-refractivity contribution in [1.29, 1.82) is 0 Å². The fourth-order valence-electron chi connectivity index (χ4n) is 1.66. The Morgan fingerprint density at radius 3 is 2.85 bits per heavy atom. The number of hydrogen-bond donors (Lipinski definition) is 1. The molecule has 1 aromatic heterocycles. The molecular weight excluding hydrogens is 280 g/mol. The second-order valence-corrected chi connectivity index (χ2v) is 4.75. The molecule has 2 rings (SSSR count). The molecule has 0 saturated heterocycles. The van der Waals surface area contributed by atoms with Crippen LogP contribution in [0.4, 0.5) is 5.69 Å². The van der Waals surface area contributed by atoms with Crippen LogP contribution in [0.1, 0.15) is 16.1 Å². The van der Waals surface area contributed by atoms with Gasteiger partial charge in [-0.3, -0.25) is 14.9 Å². The maximum atomic E-state index is 11.9. The molecule has 0 bridgehead atoms. The van der Waals surface area contributed by atoms with E-state index < -0.39 is 4.92 Å². The van der Waals surface area contributed by atoms with E-state index in [2.05, 4.69) is 5.32 Å². The third-order valence-corrected chi connectivity index (χ3v) is 3.43. The Hall–Kier alpha value is -2.28. The molecule has 1 heterocycles. The van der Waals surface area contributed by atoms with Gasteiger partial charge in [0.05, 0.1) is 22.6 Å². The number of furan rings is 1. The number of nitro benzene ring substituents is 1. The Morgan fingerprint density at radius 1 is 1.45 bits per heavy atom. The number of nitrogens with one attached hydrogen (secondary N) is 1. The minimum absolute atomic E-state index is 0.0665. The predicted molar refractivity (Wildman–Crippen MR) is 74.8 cm³/mol. The van der Waals surface area contributed by atoms with Crippen LogP contribution < -0.4 is 5.32 Å². The van der Waals surface area contributed by atoms with Crippen molar-refractivity contribution in [1.82, 2.24) is 5.32 Å². The normalized spacial score (nSPS) is 10.2. The van der Waals surface area contributed by atoms with Gasteiger partial charge in [0.2, 0.25) is 0 Å². The Morgan fingerprint density at radius 2 is 2.25 bits per heavy atom. The van der Waals surface area contributed by atoms with E-state index >= 15 is 0 Å². The van der Waals surface area contributed by atoms with E-state index in [0.29, 0.717) is 10.7 Å². The zero-order valence-corrected chi connectivity index (χ0v) is 11.5. The number of benzene rings is 1. The van der Waals surface area contributed by atoms with E-state index in [1.165, 1.54) is 24.1 Å². The molecule has 20 heavy (non-hydrogen) atoms. The summed E-state index contributed by atoms with van der Waals surface area (Å²) in [6.45, 7) is 0.240. The Balaban J connectivity index is 2.13. The van der Waals surface area contributed by atoms with Crippen molar-refractivity contribution >= 4 is 23.4 Å². The number of hydrogen-bond acceptors (Lipinski definition) is 5. The molecule has 2 aromatic rings. The molecule has 0 aliphatic carbocycles. The van der Waals surface area contributed by atoms with Gasteiger partial charge in [-0.25, -0.2) is 0 Å². The van der Waals surface area contributed by atoms with Crippen LogP contribution in [-0.2, 0) is 6.54 Å². The molecule has 0 fully saturated rings. The average Bonchev–Trinajstić information content (AvgIpc) is 2.97. The van der Waals surface area contributed by atoms with Gasteiger partial charge in [-0.1, -0.05) is 0 Å². The summed E-state index contributed by atoms with van der Waals surface area (Å²) in [6.07, 6.45) is 3.26. The molecule has 0 aliphatic heterocycles. The number of rotatable bonds is 5. The van der Waals surface area contributed by atoms with Crippen molar-refractivity contribution in [2.75, 3.05) is 6.26 Å². The summed E-state index contributed by atoms with van der Waals surface area (Å²) in [5, 5.41) is 13.6. The minimum Gasteiger partial charge on any atom is -0.467 e. The number of carbonyl (C=O) groups excluding carboxylic acids is 1. The standard InChI is InChI=1S/C13H12N2O4S/c1-20-12-5-4-9(7-11(12)15(17)18)13(16)14-8-10-3-2-6-19-10/h2-7H,8H2,1H3,(H,14,16). The number of nitro groups is 1. The van der Waals surface area contributed by atoms with E-state index in [0.717, 1.165) is 0 Å². The molecule has 104 valence electrons. The van der Waals surface area contributed by atoms with Crippen molar-refractivity contribution in [3.8, 4) is 0 Å². The van der Waals surface area contributed by atoms with Crippen molar-refractivity contribution < 1.29 is 14.1 Å². The second-order valence-electron chi connectivity index (χ2n) is 3.91. The topological polar surface area (TPSA) is 85.4 Å². The van der Waals surface area contributed by atoms with E-state index in [1.54, 1.807) is 30.5 Å². The lowest BCUT2D eigenvalue weighted by Crippen LogP contribution is -2.22.